The van der Waals surface area contributed by atoms with Gasteiger partial charge in [-0.2, -0.15) is 0 Å². The van der Waals surface area contributed by atoms with Gasteiger partial charge in [0.25, 0.3) is 0 Å². The molecule has 0 aliphatic carbocycles. The topological polar surface area (TPSA) is 95.2 Å². The van der Waals surface area contributed by atoms with Crippen LogP contribution in [0, 0.1) is 0 Å². The quantitative estimate of drug-likeness (QED) is 0.435. The maximum Gasteiger partial charge on any atom is 0 e. The van der Waals surface area contributed by atoms with Crippen LogP contribution in [0.15, 0.2) is 0 Å². The van der Waals surface area contributed by atoms with Crippen LogP contribution >= 0.6 is 0 Å². The maximum atomic E-state index is 6.40. The van der Waals surface area contributed by atoms with Crippen LogP contribution in [0.5, 0.6) is 0 Å². The molecular weight excluding hydrogens is 407 g/mol. The first-order valence-corrected chi connectivity index (χ1v) is 6.29. The van der Waals surface area contributed by atoms with Gasteiger partial charge in [-0.3, -0.25) is 21.5 Å². The van der Waals surface area contributed by atoms with Gasteiger partial charge in [-0.05, 0) is 0 Å². The molecule has 0 amide bonds. The summed E-state index contributed by atoms with van der Waals surface area (Å²) >= 11 is 17.1. The molecule has 0 aromatic rings. The van der Waals surface area contributed by atoms with Gasteiger partial charge in [0, 0.05) is 34.1 Å². The Morgan fingerprint density at radius 2 is 0.500 bits per heavy atom. The third kappa shape index (κ3) is 1050. The van der Waals surface area contributed by atoms with E-state index >= 15 is 0 Å². The van der Waals surface area contributed by atoms with Gasteiger partial charge in [0.1, 0.15) is 0 Å². The Bertz CT molecular complexity index is 76.1. The minimum absolute atomic E-state index is 0. The zero-order valence-electron chi connectivity index (χ0n) is 10.5. The SMILES string of the molecule is CC([NH-])[S-].CC([NH-])[S-].CC([NH-])[S-].CC([NH-])[S-].[Cu].[Cu]. The molecule has 0 heterocycles. The number of hydrogen-bond donors (Lipinski definition) is 0. The summed E-state index contributed by atoms with van der Waals surface area (Å²) in [5.41, 5.74) is 25.6. The Hall–Kier alpha value is 2.28. The number of hydrogen-bond acceptors (Lipinski definition) is 4. The fourth-order valence-electron chi connectivity index (χ4n) is 0. The molecule has 4 N–H and O–H groups in total. The molecular formula is C8H20Cu2N4S4-8. The molecule has 4 atom stereocenters. The second-order valence-corrected chi connectivity index (χ2v) is 5.40. The van der Waals surface area contributed by atoms with Crippen LogP contribution in [0.4, 0.5) is 0 Å². The molecule has 0 spiro atoms. The smallest absolute Gasteiger partial charge is 0 e. The van der Waals surface area contributed by atoms with E-state index in [1.165, 1.54) is 0 Å². The third-order valence-electron chi connectivity index (χ3n) is 0. The zero-order chi connectivity index (χ0) is 14.3. The molecule has 0 aromatic heterocycles. The van der Waals surface area contributed by atoms with Gasteiger partial charge in [-0.15, -0.1) is 27.7 Å². The molecule has 0 aliphatic heterocycles. The molecule has 18 heavy (non-hydrogen) atoms. The van der Waals surface area contributed by atoms with Gasteiger partial charge >= 0.3 is 0 Å². The van der Waals surface area contributed by atoms with Gasteiger partial charge in [0.15, 0.2) is 0 Å². The van der Waals surface area contributed by atoms with Crippen LogP contribution in [0.1, 0.15) is 27.7 Å². The first-order chi connectivity index (χ1) is 6.93. The summed E-state index contributed by atoms with van der Waals surface area (Å²) in [4.78, 5) is 0. The Morgan fingerprint density at radius 1 is 0.500 bits per heavy atom. The molecule has 0 rings (SSSR count). The van der Waals surface area contributed by atoms with E-state index in [9.17, 15) is 0 Å². The fourth-order valence-corrected chi connectivity index (χ4v) is 0. The molecule has 0 bridgehead atoms. The molecule has 126 valence electrons. The number of rotatable bonds is 0. The summed E-state index contributed by atoms with van der Waals surface area (Å²) in [6.45, 7) is 6.59. The molecule has 2 radical (unpaired) electrons. The van der Waals surface area contributed by atoms with Gasteiger partial charge in [-0.25, -0.2) is 0 Å². The van der Waals surface area contributed by atoms with Crippen LogP contribution in [-0.4, -0.2) is 21.5 Å². The molecule has 0 aromatic carbocycles. The van der Waals surface area contributed by atoms with E-state index in [1.54, 1.807) is 27.7 Å². The van der Waals surface area contributed by atoms with Crippen molar-refractivity contribution in [1.82, 2.24) is 0 Å². The van der Waals surface area contributed by atoms with Crippen LogP contribution in [0.3, 0.4) is 0 Å². The Labute approximate surface area is 155 Å². The van der Waals surface area contributed by atoms with Crippen LogP contribution in [0.25, 0.3) is 22.9 Å². The van der Waals surface area contributed by atoms with E-state index in [0.29, 0.717) is 0 Å². The average Bonchev–Trinajstić information content (AvgIpc) is 1.76. The summed E-state index contributed by atoms with van der Waals surface area (Å²) in [5, 5.41) is -1.33. The van der Waals surface area contributed by atoms with E-state index in [4.69, 9.17) is 22.9 Å². The predicted molar refractivity (Wildman–Crippen MR) is 84.6 cm³/mol. The van der Waals surface area contributed by atoms with E-state index in [2.05, 4.69) is 50.5 Å². The second kappa shape index (κ2) is 31.6. The maximum absolute atomic E-state index is 6.40. The molecule has 0 fully saturated rings. The molecule has 0 saturated carbocycles. The van der Waals surface area contributed by atoms with Crippen molar-refractivity contribution in [3.63, 3.8) is 0 Å². The summed E-state index contributed by atoms with van der Waals surface area (Å²) in [6.07, 6.45) is 0. The molecule has 0 aliphatic rings. The normalized spacial score (nSPS) is 14.0. The van der Waals surface area contributed by atoms with E-state index < -0.39 is 0 Å². The standard InChI is InChI=1S/4C2H6NS.2Cu/c4*1-2(3)4;;/h4*2-4H,1H3;;/q4*-1;;/p-4. The Balaban J connectivity index is -0.0000000257. The largest absolute Gasteiger partial charge is 0.812 e. The van der Waals surface area contributed by atoms with Crippen LogP contribution < -0.4 is 0 Å². The van der Waals surface area contributed by atoms with Crippen LogP contribution in [-0.2, 0) is 84.7 Å². The minimum Gasteiger partial charge on any atom is -0.812 e. The van der Waals surface area contributed by atoms with E-state index in [1.807, 2.05) is 0 Å². The third-order valence-corrected chi connectivity index (χ3v) is 0. The van der Waals surface area contributed by atoms with Gasteiger partial charge < -0.3 is 73.4 Å². The minimum atomic E-state index is -0.333. The summed E-state index contributed by atoms with van der Waals surface area (Å²) in [7, 11) is 0. The van der Waals surface area contributed by atoms with Crippen molar-refractivity contribution < 1.29 is 34.1 Å². The zero-order valence-corrected chi connectivity index (χ0v) is 15.7. The molecule has 10 heteroatoms. The van der Waals surface area contributed by atoms with Gasteiger partial charge in [-0.1, -0.05) is 0 Å². The first-order valence-electron chi connectivity index (χ1n) is 4.41. The molecule has 4 nitrogen and oxygen atoms in total. The van der Waals surface area contributed by atoms with Crippen LogP contribution in [0.2, 0.25) is 0 Å². The Kier molecular flexibility index (Phi) is 64.9. The summed E-state index contributed by atoms with van der Waals surface area (Å²) in [5.74, 6) is 0. The van der Waals surface area contributed by atoms with Crippen molar-refractivity contribution in [1.29, 1.82) is 0 Å². The predicted octanol–water partition coefficient (Wildman–Crippen LogP) is 3.72. The van der Waals surface area contributed by atoms with Crippen molar-refractivity contribution in [2.24, 2.45) is 0 Å². The fraction of sp³-hybridized carbons (Fsp3) is 1.00. The monoisotopic (exact) mass is 426 g/mol. The van der Waals surface area contributed by atoms with Crippen molar-refractivity contribution in [2.75, 3.05) is 0 Å². The van der Waals surface area contributed by atoms with Crippen molar-refractivity contribution in [3.8, 4) is 0 Å². The summed E-state index contributed by atoms with van der Waals surface area (Å²) in [6, 6.07) is 0. The molecule has 4 unspecified atom stereocenters. The average molecular weight is 428 g/mol. The number of nitrogens with one attached hydrogen (secondary N) is 4. The van der Waals surface area contributed by atoms with E-state index in [0.717, 1.165) is 0 Å². The van der Waals surface area contributed by atoms with Gasteiger partial charge in [0.2, 0.25) is 0 Å². The van der Waals surface area contributed by atoms with E-state index in [-0.39, 0.29) is 55.6 Å². The van der Waals surface area contributed by atoms with Crippen molar-refractivity contribution >= 4 is 50.5 Å². The van der Waals surface area contributed by atoms with Gasteiger partial charge in [0.05, 0.1) is 0 Å². The summed E-state index contributed by atoms with van der Waals surface area (Å²) < 4.78 is 0. The van der Waals surface area contributed by atoms with Crippen molar-refractivity contribution in [2.45, 2.75) is 49.2 Å². The first kappa shape index (κ1) is 37.0. The van der Waals surface area contributed by atoms with Crippen molar-refractivity contribution in [3.05, 3.63) is 22.9 Å². The Morgan fingerprint density at radius 3 is 0.500 bits per heavy atom. The second-order valence-electron chi connectivity index (χ2n) is 2.57. The molecule has 0 saturated heterocycles.